The first-order valence-electron chi connectivity index (χ1n) is 8.63. The summed E-state index contributed by atoms with van der Waals surface area (Å²) in [5.74, 6) is 1.26. The summed E-state index contributed by atoms with van der Waals surface area (Å²) < 4.78 is 5.57. The molecule has 0 bridgehead atoms. The molecule has 2 aromatic carbocycles. The maximum atomic E-state index is 12.7. The van der Waals surface area contributed by atoms with Crippen LogP contribution < -0.4 is 0 Å². The quantitative estimate of drug-likeness (QED) is 0.470. The van der Waals surface area contributed by atoms with Crippen molar-refractivity contribution in [1.29, 1.82) is 0 Å². The summed E-state index contributed by atoms with van der Waals surface area (Å²) in [5, 5.41) is 0. The second-order valence-corrected chi connectivity index (χ2v) is 5.45. The number of likely N-dealkylation sites (N-methyl/N-ethyl adjacent to an activating group) is 1. The highest BCUT2D eigenvalue weighted by molar-refractivity contribution is 9.08. The van der Waals surface area contributed by atoms with Crippen LogP contribution in [0.15, 0.2) is 60.7 Å². The van der Waals surface area contributed by atoms with E-state index in [9.17, 15) is 4.79 Å². The minimum Gasteiger partial charge on any atom is -0.464 e. The van der Waals surface area contributed by atoms with Gasteiger partial charge in [0.15, 0.2) is 0 Å². The normalized spacial score (nSPS) is 10.3. The summed E-state index contributed by atoms with van der Waals surface area (Å²) in [6.07, 6.45) is 0. The van der Waals surface area contributed by atoms with Crippen molar-refractivity contribution in [2.75, 3.05) is 32.1 Å². The third kappa shape index (κ3) is 7.00. The molecule has 0 aliphatic carbocycles. The number of alkyl halides is 1. The number of esters is 1. The molecule has 0 aromatic heterocycles. The van der Waals surface area contributed by atoms with Crippen molar-refractivity contribution in [3.63, 3.8) is 0 Å². The molecular weight excluding hydrogens is 378 g/mol. The van der Waals surface area contributed by atoms with Gasteiger partial charge in [0.2, 0.25) is 0 Å². The number of halogens is 1. The number of ether oxygens (including phenoxy) is 1. The second kappa shape index (κ2) is 12.7. The van der Waals surface area contributed by atoms with Gasteiger partial charge in [0.1, 0.15) is 12.5 Å². The number of hydrogen-bond donors (Lipinski definition) is 0. The second-order valence-electron chi connectivity index (χ2n) is 5.45. The molecular formula is C21H28BrNO2. The number of nitrogens with zero attached hydrogens (tertiary/aromatic N) is 1. The topological polar surface area (TPSA) is 29.5 Å². The zero-order valence-corrected chi connectivity index (χ0v) is 16.9. The van der Waals surface area contributed by atoms with E-state index in [4.69, 9.17) is 4.74 Å². The van der Waals surface area contributed by atoms with Crippen LogP contribution in [0.2, 0.25) is 0 Å². The van der Waals surface area contributed by atoms with Crippen LogP contribution in [0, 0.1) is 0 Å². The van der Waals surface area contributed by atoms with E-state index in [1.54, 1.807) is 0 Å². The maximum Gasteiger partial charge on any atom is 0.317 e. The molecule has 0 spiro atoms. The Morgan fingerprint density at radius 2 is 1.36 bits per heavy atom. The van der Waals surface area contributed by atoms with Crippen LogP contribution in [-0.4, -0.2) is 42.9 Å². The van der Waals surface area contributed by atoms with Gasteiger partial charge in [-0.05, 0) is 30.0 Å². The standard InChI is InChI=1S/C20H25NO2.CH3Br/c1-3-21(4-2)15-16-23-20(22)19(17-11-7-5-8-12-17)18-13-9-6-10-14-18;1-2/h5-14,19H,3-4,15-16H2,1-2H3;1H3. The van der Waals surface area contributed by atoms with E-state index in [1.165, 1.54) is 0 Å². The molecule has 25 heavy (non-hydrogen) atoms. The zero-order valence-electron chi connectivity index (χ0n) is 15.3. The van der Waals surface area contributed by atoms with Crippen LogP contribution in [-0.2, 0) is 9.53 Å². The predicted octanol–water partition coefficient (Wildman–Crippen LogP) is 4.71. The largest absolute Gasteiger partial charge is 0.464 e. The Bertz CT molecular complexity index is 546. The summed E-state index contributed by atoms with van der Waals surface area (Å²) in [6.45, 7) is 7.36. The zero-order chi connectivity index (χ0) is 18.5. The summed E-state index contributed by atoms with van der Waals surface area (Å²) in [5.41, 5.74) is 1.93. The predicted molar refractivity (Wildman–Crippen MR) is 108 cm³/mol. The van der Waals surface area contributed by atoms with Gasteiger partial charge >= 0.3 is 5.97 Å². The Labute approximate surface area is 160 Å². The monoisotopic (exact) mass is 405 g/mol. The van der Waals surface area contributed by atoms with Crippen LogP contribution in [0.25, 0.3) is 0 Å². The van der Waals surface area contributed by atoms with Crippen molar-refractivity contribution in [2.45, 2.75) is 19.8 Å². The Balaban J connectivity index is 0.00000151. The van der Waals surface area contributed by atoms with E-state index in [0.717, 1.165) is 30.8 Å². The van der Waals surface area contributed by atoms with Gasteiger partial charge in [-0.3, -0.25) is 4.79 Å². The van der Waals surface area contributed by atoms with E-state index < -0.39 is 0 Å². The van der Waals surface area contributed by atoms with Crippen LogP contribution in [0.5, 0.6) is 0 Å². The fourth-order valence-electron chi connectivity index (χ4n) is 2.65. The van der Waals surface area contributed by atoms with E-state index >= 15 is 0 Å². The molecule has 4 heteroatoms. The highest BCUT2D eigenvalue weighted by Crippen LogP contribution is 2.25. The average Bonchev–Trinajstić information content (AvgIpc) is 2.69. The fourth-order valence-corrected chi connectivity index (χ4v) is 2.65. The van der Waals surface area contributed by atoms with Crippen LogP contribution in [0.3, 0.4) is 0 Å². The van der Waals surface area contributed by atoms with Gasteiger partial charge in [-0.25, -0.2) is 0 Å². The molecule has 0 radical (unpaired) electrons. The fraction of sp³-hybridized carbons (Fsp3) is 0.381. The summed E-state index contributed by atoms with van der Waals surface area (Å²) in [4.78, 5) is 14.9. The number of carbonyl (C=O) groups is 1. The van der Waals surface area contributed by atoms with Crippen molar-refractivity contribution >= 4 is 21.9 Å². The Morgan fingerprint density at radius 3 is 1.76 bits per heavy atom. The molecule has 136 valence electrons. The SMILES string of the molecule is CBr.CCN(CC)CCOC(=O)C(c1ccccc1)c1ccccc1. The molecule has 0 heterocycles. The number of carbonyl (C=O) groups excluding carboxylic acids is 1. The number of benzene rings is 2. The van der Waals surface area contributed by atoms with Gasteiger partial charge in [-0.1, -0.05) is 90.4 Å². The molecule has 0 saturated carbocycles. The lowest BCUT2D eigenvalue weighted by molar-refractivity contribution is -0.144. The number of hydrogen-bond acceptors (Lipinski definition) is 3. The first-order valence-corrected chi connectivity index (χ1v) is 10.2. The molecule has 0 amide bonds. The summed E-state index contributed by atoms with van der Waals surface area (Å²) in [6, 6.07) is 19.6. The smallest absolute Gasteiger partial charge is 0.317 e. The molecule has 0 aliphatic rings. The molecule has 0 saturated heterocycles. The van der Waals surface area contributed by atoms with Crippen molar-refractivity contribution in [2.24, 2.45) is 0 Å². The van der Waals surface area contributed by atoms with E-state index in [1.807, 2.05) is 66.5 Å². The van der Waals surface area contributed by atoms with Crippen LogP contribution in [0.1, 0.15) is 30.9 Å². The average molecular weight is 406 g/mol. The van der Waals surface area contributed by atoms with Gasteiger partial charge in [0, 0.05) is 6.54 Å². The highest BCUT2D eigenvalue weighted by atomic mass is 79.9. The highest BCUT2D eigenvalue weighted by Gasteiger charge is 2.24. The lowest BCUT2D eigenvalue weighted by Gasteiger charge is -2.20. The van der Waals surface area contributed by atoms with Crippen molar-refractivity contribution in [1.82, 2.24) is 4.90 Å². The van der Waals surface area contributed by atoms with Gasteiger partial charge in [-0.2, -0.15) is 0 Å². The van der Waals surface area contributed by atoms with Gasteiger partial charge in [0.05, 0.1) is 0 Å². The Morgan fingerprint density at radius 1 is 0.920 bits per heavy atom. The summed E-state index contributed by atoms with van der Waals surface area (Å²) in [7, 11) is 0. The van der Waals surface area contributed by atoms with E-state index in [0.29, 0.717) is 6.61 Å². The van der Waals surface area contributed by atoms with Crippen LogP contribution in [0.4, 0.5) is 0 Å². The molecule has 3 nitrogen and oxygen atoms in total. The minimum atomic E-state index is -0.367. The van der Waals surface area contributed by atoms with E-state index in [2.05, 4.69) is 34.7 Å². The van der Waals surface area contributed by atoms with Crippen molar-refractivity contribution in [3.8, 4) is 0 Å². The lowest BCUT2D eigenvalue weighted by Crippen LogP contribution is -2.29. The van der Waals surface area contributed by atoms with Crippen LogP contribution >= 0.6 is 15.9 Å². The maximum absolute atomic E-state index is 12.7. The molecule has 0 aliphatic heterocycles. The third-order valence-electron chi connectivity index (χ3n) is 4.05. The first kappa shape index (κ1) is 21.4. The van der Waals surface area contributed by atoms with Gasteiger partial charge in [-0.15, -0.1) is 0 Å². The van der Waals surface area contributed by atoms with Crippen molar-refractivity contribution < 1.29 is 9.53 Å². The number of rotatable bonds is 8. The molecule has 0 fully saturated rings. The van der Waals surface area contributed by atoms with E-state index in [-0.39, 0.29) is 11.9 Å². The minimum absolute atomic E-state index is 0.186. The van der Waals surface area contributed by atoms with Gasteiger partial charge < -0.3 is 9.64 Å². The lowest BCUT2D eigenvalue weighted by atomic mass is 9.91. The Kier molecular flexibility index (Phi) is 10.8. The molecule has 0 N–H and O–H groups in total. The van der Waals surface area contributed by atoms with Crippen molar-refractivity contribution in [3.05, 3.63) is 71.8 Å². The first-order chi connectivity index (χ1) is 12.3. The third-order valence-corrected chi connectivity index (χ3v) is 4.05. The molecule has 2 aromatic rings. The molecule has 0 atom stereocenters. The molecule has 0 unspecified atom stereocenters. The van der Waals surface area contributed by atoms with Gasteiger partial charge in [0.25, 0.3) is 0 Å². The summed E-state index contributed by atoms with van der Waals surface area (Å²) >= 11 is 2.94. The molecule has 2 rings (SSSR count). The Hall–Kier alpha value is -1.65.